The summed E-state index contributed by atoms with van der Waals surface area (Å²) in [6.45, 7) is 0.637. The predicted octanol–water partition coefficient (Wildman–Crippen LogP) is 3.56. The molecule has 1 aliphatic carbocycles. The second-order valence-electron chi connectivity index (χ2n) is 6.98. The molecule has 1 saturated carbocycles. The van der Waals surface area contributed by atoms with Gasteiger partial charge in [0.15, 0.2) is 0 Å². The fourth-order valence-corrected chi connectivity index (χ4v) is 4.44. The van der Waals surface area contributed by atoms with Gasteiger partial charge in [-0.1, -0.05) is 18.2 Å². The van der Waals surface area contributed by atoms with Crippen molar-refractivity contribution < 1.29 is 4.79 Å². The van der Waals surface area contributed by atoms with E-state index in [0.717, 1.165) is 42.3 Å². The quantitative estimate of drug-likeness (QED) is 0.838. The van der Waals surface area contributed by atoms with Gasteiger partial charge in [0.1, 0.15) is 0 Å². The average Bonchev–Trinajstić information content (AvgIpc) is 2.60. The molecule has 4 nitrogen and oxygen atoms in total. The van der Waals surface area contributed by atoms with Crippen molar-refractivity contribution in [1.82, 2.24) is 10.3 Å². The van der Waals surface area contributed by atoms with Crippen LogP contribution in [0.25, 0.3) is 10.9 Å². The highest BCUT2D eigenvalue weighted by atomic mass is 35.5. The Morgan fingerprint density at radius 2 is 2.08 bits per heavy atom. The number of carbonyl (C=O) groups excluding carboxylic acids is 1. The molecule has 1 amide bonds. The highest BCUT2D eigenvalue weighted by Gasteiger charge is 2.38. The molecule has 126 valence electrons. The lowest BCUT2D eigenvalue weighted by atomic mass is 9.75. The molecule has 2 aromatic rings. The van der Waals surface area contributed by atoms with Crippen LogP contribution in [-0.4, -0.2) is 28.9 Å². The normalized spacial score (nSPS) is 29.8. The number of para-hydroxylation sites is 1. The van der Waals surface area contributed by atoms with Gasteiger partial charge in [0.25, 0.3) is 0 Å². The Bertz CT molecular complexity index is 745. The smallest absolute Gasteiger partial charge is 0.225 e. The van der Waals surface area contributed by atoms with E-state index in [2.05, 4.69) is 15.6 Å². The summed E-state index contributed by atoms with van der Waals surface area (Å²) < 4.78 is 0. The van der Waals surface area contributed by atoms with Crippen molar-refractivity contribution in [2.75, 3.05) is 11.9 Å². The third-order valence-corrected chi connectivity index (χ3v) is 5.77. The minimum absolute atomic E-state index is 0.00724. The highest BCUT2D eigenvalue weighted by Crippen LogP contribution is 2.35. The molecular weight excluding hydrogens is 322 g/mol. The summed E-state index contributed by atoms with van der Waals surface area (Å²) in [4.78, 5) is 16.9. The molecule has 1 aromatic heterocycles. The molecule has 5 heteroatoms. The van der Waals surface area contributed by atoms with Gasteiger partial charge in [-0.25, -0.2) is 0 Å². The Morgan fingerprint density at radius 1 is 1.21 bits per heavy atom. The fraction of sp³-hybridized carbons (Fsp3) is 0.474. The molecule has 4 rings (SSSR count). The standard InChI is InChI=1S/C19H22ClN3O/c20-15-6-7-16-13(10-15)9-14(19(24)23-16)11-22-17-5-1-3-12-4-2-8-21-18(12)17/h1-5,8,13-16,22H,6-7,9-11H2,(H,23,24). The first-order valence-electron chi connectivity index (χ1n) is 8.73. The Labute approximate surface area is 147 Å². The number of anilines is 1. The molecule has 2 N–H and O–H groups in total. The maximum Gasteiger partial charge on any atom is 0.225 e. The van der Waals surface area contributed by atoms with Crippen LogP contribution in [-0.2, 0) is 4.79 Å². The number of piperidine rings is 1. The number of halogens is 1. The van der Waals surface area contributed by atoms with Gasteiger partial charge in [-0.3, -0.25) is 9.78 Å². The number of nitrogens with one attached hydrogen (secondary N) is 2. The van der Waals surface area contributed by atoms with E-state index >= 15 is 0 Å². The molecule has 2 heterocycles. The molecule has 0 bridgehead atoms. The molecule has 0 spiro atoms. The zero-order valence-corrected chi connectivity index (χ0v) is 14.3. The Morgan fingerprint density at radius 3 is 3.00 bits per heavy atom. The van der Waals surface area contributed by atoms with Crippen molar-refractivity contribution in [3.63, 3.8) is 0 Å². The van der Waals surface area contributed by atoms with E-state index in [0.29, 0.717) is 18.5 Å². The Balaban J connectivity index is 1.46. The number of hydrogen-bond acceptors (Lipinski definition) is 3. The molecule has 1 aliphatic heterocycles. The van der Waals surface area contributed by atoms with E-state index in [1.165, 1.54) is 0 Å². The van der Waals surface area contributed by atoms with Crippen LogP contribution >= 0.6 is 11.6 Å². The second kappa shape index (κ2) is 6.60. The van der Waals surface area contributed by atoms with Gasteiger partial charge in [-0.15, -0.1) is 11.6 Å². The van der Waals surface area contributed by atoms with Gasteiger partial charge in [0.05, 0.1) is 17.1 Å². The maximum absolute atomic E-state index is 12.4. The zero-order chi connectivity index (χ0) is 16.5. The minimum atomic E-state index is -0.00724. The van der Waals surface area contributed by atoms with Crippen LogP contribution in [0.4, 0.5) is 5.69 Å². The van der Waals surface area contributed by atoms with Crippen molar-refractivity contribution in [2.24, 2.45) is 11.8 Å². The first-order valence-corrected chi connectivity index (χ1v) is 9.16. The molecule has 2 fully saturated rings. The van der Waals surface area contributed by atoms with Crippen molar-refractivity contribution in [1.29, 1.82) is 0 Å². The van der Waals surface area contributed by atoms with Crippen molar-refractivity contribution in [3.05, 3.63) is 36.5 Å². The van der Waals surface area contributed by atoms with Gasteiger partial charge in [-0.2, -0.15) is 0 Å². The number of fused-ring (bicyclic) bond motifs is 2. The highest BCUT2D eigenvalue weighted by molar-refractivity contribution is 6.20. The molecule has 4 atom stereocenters. The van der Waals surface area contributed by atoms with Crippen molar-refractivity contribution in [2.45, 2.75) is 37.1 Å². The van der Waals surface area contributed by atoms with Crippen LogP contribution < -0.4 is 10.6 Å². The van der Waals surface area contributed by atoms with Crippen LogP contribution in [0.3, 0.4) is 0 Å². The lowest BCUT2D eigenvalue weighted by molar-refractivity contribution is -0.129. The van der Waals surface area contributed by atoms with E-state index in [9.17, 15) is 4.79 Å². The van der Waals surface area contributed by atoms with Gasteiger partial charge >= 0.3 is 0 Å². The van der Waals surface area contributed by atoms with Crippen LogP contribution in [0.15, 0.2) is 36.5 Å². The van der Waals surface area contributed by atoms with Crippen LogP contribution in [0.1, 0.15) is 25.7 Å². The third kappa shape index (κ3) is 3.07. The van der Waals surface area contributed by atoms with Crippen molar-refractivity contribution in [3.8, 4) is 0 Å². The summed E-state index contributed by atoms with van der Waals surface area (Å²) in [5.41, 5.74) is 1.94. The number of pyridine rings is 1. The minimum Gasteiger partial charge on any atom is -0.382 e. The van der Waals surface area contributed by atoms with E-state index in [1.807, 2.05) is 30.3 Å². The monoisotopic (exact) mass is 343 g/mol. The molecule has 2 aliphatic rings. The molecule has 24 heavy (non-hydrogen) atoms. The van der Waals surface area contributed by atoms with E-state index in [1.54, 1.807) is 6.20 Å². The maximum atomic E-state index is 12.4. The molecule has 4 unspecified atom stereocenters. The van der Waals surface area contributed by atoms with Gasteiger partial charge in [0.2, 0.25) is 5.91 Å². The lowest BCUT2D eigenvalue weighted by Gasteiger charge is -2.41. The fourth-order valence-electron chi connectivity index (χ4n) is 4.09. The first-order chi connectivity index (χ1) is 11.7. The summed E-state index contributed by atoms with van der Waals surface area (Å²) in [5, 5.41) is 8.01. The number of nitrogens with zero attached hydrogens (tertiary/aromatic N) is 1. The lowest BCUT2D eigenvalue weighted by Crippen LogP contribution is -2.53. The summed E-state index contributed by atoms with van der Waals surface area (Å²) in [6.07, 6.45) is 5.75. The summed E-state index contributed by atoms with van der Waals surface area (Å²) >= 11 is 6.32. The summed E-state index contributed by atoms with van der Waals surface area (Å²) in [7, 11) is 0. The summed E-state index contributed by atoms with van der Waals surface area (Å²) in [5.74, 6) is 0.675. The average molecular weight is 344 g/mol. The van der Waals surface area contributed by atoms with Crippen LogP contribution in [0, 0.1) is 11.8 Å². The number of amides is 1. The van der Waals surface area contributed by atoms with E-state index in [4.69, 9.17) is 11.6 Å². The van der Waals surface area contributed by atoms with Gasteiger partial charge in [-0.05, 0) is 43.7 Å². The number of carbonyl (C=O) groups is 1. The Hall–Kier alpha value is -1.81. The Kier molecular flexibility index (Phi) is 4.31. The number of benzene rings is 1. The number of alkyl halides is 1. The van der Waals surface area contributed by atoms with Gasteiger partial charge in [0, 0.05) is 29.5 Å². The third-order valence-electron chi connectivity index (χ3n) is 5.38. The predicted molar refractivity (Wildman–Crippen MR) is 97.3 cm³/mol. The first kappa shape index (κ1) is 15.7. The zero-order valence-electron chi connectivity index (χ0n) is 13.5. The van der Waals surface area contributed by atoms with Crippen molar-refractivity contribution >= 4 is 34.1 Å². The molecule has 1 aromatic carbocycles. The molecular formula is C19H22ClN3O. The largest absolute Gasteiger partial charge is 0.382 e. The SMILES string of the molecule is O=C1NC2CCC(Cl)CC2CC1CNc1cccc2cccnc12. The number of aromatic nitrogens is 1. The van der Waals surface area contributed by atoms with E-state index in [-0.39, 0.29) is 17.2 Å². The van der Waals surface area contributed by atoms with Crippen LogP contribution in [0.2, 0.25) is 0 Å². The van der Waals surface area contributed by atoms with E-state index < -0.39 is 0 Å². The van der Waals surface area contributed by atoms with Gasteiger partial charge < -0.3 is 10.6 Å². The number of hydrogen-bond donors (Lipinski definition) is 2. The topological polar surface area (TPSA) is 54.0 Å². The van der Waals surface area contributed by atoms with Crippen LogP contribution in [0.5, 0.6) is 0 Å². The summed E-state index contributed by atoms with van der Waals surface area (Å²) in [6, 6.07) is 10.4. The number of rotatable bonds is 3. The molecule has 1 saturated heterocycles. The molecule has 0 radical (unpaired) electrons. The second-order valence-corrected chi connectivity index (χ2v) is 7.60.